The van der Waals surface area contributed by atoms with E-state index >= 15 is 0 Å². The smallest absolute Gasteiger partial charge is 0.278 e. The Morgan fingerprint density at radius 2 is 2.47 bits per heavy atom. The molecule has 0 saturated heterocycles. The number of aromatic nitrogens is 2. The van der Waals surface area contributed by atoms with Crippen molar-refractivity contribution in [1.82, 2.24) is 14.9 Å². The molecule has 0 saturated carbocycles. The third kappa shape index (κ3) is 2.85. The molecule has 1 aromatic heterocycles. The van der Waals surface area contributed by atoms with Gasteiger partial charge in [-0.15, -0.1) is 6.58 Å². The summed E-state index contributed by atoms with van der Waals surface area (Å²) in [4.78, 5) is 27.1. The first kappa shape index (κ1) is 13.2. The van der Waals surface area contributed by atoms with Gasteiger partial charge in [0.1, 0.15) is 18.1 Å². The summed E-state index contributed by atoms with van der Waals surface area (Å²) in [6, 6.07) is -0.713. The normalized spacial score (nSPS) is 11.9. The lowest BCUT2D eigenvalue weighted by Gasteiger charge is -2.14. The summed E-state index contributed by atoms with van der Waals surface area (Å²) in [6.07, 6.45) is 2.74. The van der Waals surface area contributed by atoms with Crippen LogP contribution in [-0.2, 0) is 4.79 Å². The average Bonchev–Trinajstić information content (AvgIpc) is 2.32. The Kier molecular flexibility index (Phi) is 4.28. The van der Waals surface area contributed by atoms with Crippen LogP contribution in [0.5, 0.6) is 0 Å². The lowest BCUT2D eigenvalue weighted by atomic mass is 10.3. The molecule has 1 atom stereocenters. The number of halogens is 1. The summed E-state index contributed by atoms with van der Waals surface area (Å²) in [5.41, 5.74) is 4.74. The number of hydrogen-bond acceptors (Lipinski definition) is 4. The molecule has 1 unspecified atom stereocenters. The molecule has 1 heterocycles. The monoisotopic (exact) mass is 256 g/mol. The molecule has 3 N–H and O–H groups in total. The van der Waals surface area contributed by atoms with Crippen molar-refractivity contribution >= 4 is 23.2 Å². The second kappa shape index (κ2) is 5.49. The molecule has 17 heavy (non-hydrogen) atoms. The van der Waals surface area contributed by atoms with Gasteiger partial charge in [-0.2, -0.15) is 0 Å². The molecule has 6 nitrogen and oxygen atoms in total. The molecule has 0 aliphatic heterocycles. The number of amides is 1. The SMILES string of the molecule is C=CCNC(=O)C(C)n1cnc(Cl)c(N)c1=O. The van der Waals surface area contributed by atoms with E-state index in [9.17, 15) is 9.59 Å². The zero-order valence-corrected chi connectivity index (χ0v) is 10.1. The number of carbonyl (C=O) groups is 1. The lowest BCUT2D eigenvalue weighted by molar-refractivity contribution is -0.123. The Balaban J connectivity index is 3.01. The van der Waals surface area contributed by atoms with Gasteiger partial charge in [-0.05, 0) is 6.92 Å². The molecule has 0 aliphatic rings. The van der Waals surface area contributed by atoms with E-state index in [2.05, 4.69) is 16.9 Å². The number of nitrogen functional groups attached to an aromatic ring is 1. The lowest BCUT2D eigenvalue weighted by Crippen LogP contribution is -2.36. The largest absolute Gasteiger partial charge is 0.392 e. The second-order valence-corrected chi connectivity index (χ2v) is 3.73. The summed E-state index contributed by atoms with van der Waals surface area (Å²) in [6.45, 7) is 5.37. The van der Waals surface area contributed by atoms with Crippen molar-refractivity contribution in [3.05, 3.63) is 34.5 Å². The zero-order chi connectivity index (χ0) is 13.0. The van der Waals surface area contributed by atoms with E-state index in [1.165, 1.54) is 6.33 Å². The van der Waals surface area contributed by atoms with Crippen molar-refractivity contribution in [3.8, 4) is 0 Å². The minimum Gasteiger partial charge on any atom is -0.392 e. The van der Waals surface area contributed by atoms with Gasteiger partial charge in [0.05, 0.1) is 0 Å². The predicted octanol–water partition coefficient (Wildman–Crippen LogP) is 0.342. The zero-order valence-electron chi connectivity index (χ0n) is 9.31. The topological polar surface area (TPSA) is 90.0 Å². The summed E-state index contributed by atoms with van der Waals surface area (Å²) >= 11 is 5.59. The van der Waals surface area contributed by atoms with Crippen LogP contribution in [0.3, 0.4) is 0 Å². The molecule has 92 valence electrons. The second-order valence-electron chi connectivity index (χ2n) is 3.37. The minimum atomic E-state index is -0.713. The molecular formula is C10H13ClN4O2. The summed E-state index contributed by atoms with van der Waals surface area (Å²) in [7, 11) is 0. The standard InChI is InChI=1S/C10H13ClN4O2/c1-3-4-13-9(16)6(2)15-5-14-8(11)7(12)10(15)17/h3,5-6H,1,4,12H2,2H3,(H,13,16). The van der Waals surface area contributed by atoms with E-state index in [0.29, 0.717) is 6.54 Å². The van der Waals surface area contributed by atoms with Crippen molar-refractivity contribution in [2.24, 2.45) is 0 Å². The first-order chi connectivity index (χ1) is 7.99. The quantitative estimate of drug-likeness (QED) is 0.601. The Morgan fingerprint density at radius 3 is 3.06 bits per heavy atom. The van der Waals surface area contributed by atoms with Gasteiger partial charge in [0, 0.05) is 6.54 Å². The predicted molar refractivity (Wildman–Crippen MR) is 65.8 cm³/mol. The van der Waals surface area contributed by atoms with Gasteiger partial charge in [-0.25, -0.2) is 4.98 Å². The first-order valence-corrected chi connectivity index (χ1v) is 5.27. The van der Waals surface area contributed by atoms with Crippen LogP contribution in [-0.4, -0.2) is 22.0 Å². The van der Waals surface area contributed by atoms with Crippen LogP contribution in [0.4, 0.5) is 5.69 Å². The van der Waals surface area contributed by atoms with Crippen LogP contribution >= 0.6 is 11.6 Å². The van der Waals surface area contributed by atoms with Gasteiger partial charge in [-0.1, -0.05) is 17.7 Å². The summed E-state index contributed by atoms with van der Waals surface area (Å²) in [5.74, 6) is -0.324. The fourth-order valence-corrected chi connectivity index (χ4v) is 1.31. The van der Waals surface area contributed by atoms with E-state index in [0.717, 1.165) is 4.57 Å². The maximum absolute atomic E-state index is 11.7. The highest BCUT2D eigenvalue weighted by Gasteiger charge is 2.17. The van der Waals surface area contributed by atoms with Crippen molar-refractivity contribution in [2.75, 3.05) is 12.3 Å². The molecule has 0 bridgehead atoms. The van der Waals surface area contributed by atoms with Crippen LogP contribution in [0, 0.1) is 0 Å². The molecule has 0 spiro atoms. The Labute approximate surface area is 103 Å². The number of nitrogens with zero attached hydrogens (tertiary/aromatic N) is 2. The van der Waals surface area contributed by atoms with Gasteiger partial charge in [0.15, 0.2) is 5.15 Å². The molecule has 0 aromatic carbocycles. The van der Waals surface area contributed by atoms with Crippen molar-refractivity contribution in [3.63, 3.8) is 0 Å². The maximum atomic E-state index is 11.7. The number of nitrogens with one attached hydrogen (secondary N) is 1. The van der Waals surface area contributed by atoms with Gasteiger partial charge in [0.25, 0.3) is 5.56 Å². The highest BCUT2D eigenvalue weighted by molar-refractivity contribution is 6.31. The number of rotatable bonds is 4. The van der Waals surface area contributed by atoms with Crippen LogP contribution < -0.4 is 16.6 Å². The van der Waals surface area contributed by atoms with Crippen LogP contribution in [0.25, 0.3) is 0 Å². The number of anilines is 1. The van der Waals surface area contributed by atoms with Crippen molar-refractivity contribution < 1.29 is 4.79 Å². The van der Waals surface area contributed by atoms with Crippen LogP contribution in [0.15, 0.2) is 23.8 Å². The molecule has 0 fully saturated rings. The number of carbonyl (C=O) groups excluding carboxylic acids is 1. The summed E-state index contributed by atoms with van der Waals surface area (Å²) in [5, 5.41) is 2.51. The van der Waals surface area contributed by atoms with E-state index in [4.69, 9.17) is 17.3 Å². The summed E-state index contributed by atoms with van der Waals surface area (Å²) < 4.78 is 1.12. The van der Waals surface area contributed by atoms with Gasteiger partial charge in [0.2, 0.25) is 5.91 Å². The average molecular weight is 257 g/mol. The third-order valence-corrected chi connectivity index (χ3v) is 2.50. The Hall–Kier alpha value is -1.82. The molecule has 1 aromatic rings. The van der Waals surface area contributed by atoms with E-state index < -0.39 is 11.6 Å². The van der Waals surface area contributed by atoms with Crippen LogP contribution in [0.1, 0.15) is 13.0 Å². The van der Waals surface area contributed by atoms with Crippen molar-refractivity contribution in [1.29, 1.82) is 0 Å². The first-order valence-electron chi connectivity index (χ1n) is 4.89. The number of hydrogen-bond donors (Lipinski definition) is 2. The van der Waals surface area contributed by atoms with Gasteiger partial charge in [-0.3, -0.25) is 14.2 Å². The van der Waals surface area contributed by atoms with Crippen molar-refractivity contribution in [2.45, 2.75) is 13.0 Å². The molecular weight excluding hydrogens is 244 g/mol. The maximum Gasteiger partial charge on any atom is 0.278 e. The van der Waals surface area contributed by atoms with E-state index in [-0.39, 0.29) is 16.7 Å². The highest BCUT2D eigenvalue weighted by Crippen LogP contribution is 2.10. The Bertz CT molecular complexity index is 498. The molecule has 1 amide bonds. The Morgan fingerprint density at radius 1 is 1.82 bits per heavy atom. The minimum absolute atomic E-state index is 0.0649. The molecule has 0 radical (unpaired) electrons. The molecule has 0 aliphatic carbocycles. The van der Waals surface area contributed by atoms with Crippen LogP contribution in [0.2, 0.25) is 5.15 Å². The third-order valence-electron chi connectivity index (χ3n) is 2.20. The molecule has 1 rings (SSSR count). The highest BCUT2D eigenvalue weighted by atomic mass is 35.5. The van der Waals surface area contributed by atoms with E-state index in [1.807, 2.05) is 0 Å². The fourth-order valence-electron chi connectivity index (χ4n) is 1.18. The van der Waals surface area contributed by atoms with Gasteiger partial charge >= 0.3 is 0 Å². The van der Waals surface area contributed by atoms with Gasteiger partial charge < -0.3 is 11.1 Å². The van der Waals surface area contributed by atoms with E-state index in [1.54, 1.807) is 13.0 Å². The molecule has 7 heteroatoms. The fraction of sp³-hybridized carbons (Fsp3) is 0.300. The number of nitrogens with two attached hydrogens (primary N) is 1.